The summed E-state index contributed by atoms with van der Waals surface area (Å²) in [5.74, 6) is -11.1. The standard InChI is InChI=1S/C21H16F4N2O5S/c1-31-11-4-2-3-10(9-11)13-14(22)16(24)18(17(25)15(13)23)26-20(29)12-5-8-33-19(12)21(30)27-32-7-6-28/h2-5,8-9,28H,6-7H2,1H3,(H,26,29)(H,27,30)/i1D3,6D2,7D2. The molecule has 7 nitrogen and oxygen atoms in total. The van der Waals surface area contributed by atoms with Crippen LogP contribution in [0.25, 0.3) is 11.1 Å². The van der Waals surface area contributed by atoms with Gasteiger partial charge in [0, 0.05) is 0 Å². The maximum absolute atomic E-state index is 14.9. The Labute approximate surface area is 198 Å². The fourth-order valence-electron chi connectivity index (χ4n) is 2.70. The van der Waals surface area contributed by atoms with Crippen LogP contribution in [0.2, 0.25) is 0 Å². The second-order valence-corrected chi connectivity index (χ2v) is 6.92. The second kappa shape index (κ2) is 10.4. The van der Waals surface area contributed by atoms with Crippen molar-refractivity contribution in [3.8, 4) is 16.9 Å². The molecular formula is C21H16F4N2O5S. The lowest BCUT2D eigenvalue weighted by Crippen LogP contribution is -2.27. The highest BCUT2D eigenvalue weighted by Crippen LogP contribution is 2.36. The molecule has 0 saturated carbocycles. The molecule has 0 aliphatic rings. The summed E-state index contributed by atoms with van der Waals surface area (Å²) in [5, 5.41) is 11.9. The predicted molar refractivity (Wildman–Crippen MR) is 111 cm³/mol. The lowest BCUT2D eigenvalue weighted by atomic mass is 10.0. The largest absolute Gasteiger partial charge is 0.497 e. The van der Waals surface area contributed by atoms with Crippen LogP contribution in [0.1, 0.15) is 29.6 Å². The first-order valence-electron chi connectivity index (χ1n) is 12.1. The zero-order chi connectivity index (χ0) is 30.2. The van der Waals surface area contributed by atoms with Crippen molar-refractivity contribution >= 4 is 28.8 Å². The molecule has 12 heteroatoms. The van der Waals surface area contributed by atoms with E-state index in [9.17, 15) is 27.2 Å². The molecule has 0 aliphatic heterocycles. The molecule has 33 heavy (non-hydrogen) atoms. The van der Waals surface area contributed by atoms with Gasteiger partial charge in [0.2, 0.25) is 0 Å². The number of carbonyl (C=O) groups excluding carboxylic acids is 2. The van der Waals surface area contributed by atoms with Crippen molar-refractivity contribution in [2.75, 3.05) is 25.5 Å². The molecule has 0 aliphatic carbocycles. The molecule has 2 aromatic carbocycles. The van der Waals surface area contributed by atoms with Crippen molar-refractivity contribution in [2.24, 2.45) is 0 Å². The van der Waals surface area contributed by atoms with E-state index in [1.807, 2.05) is 0 Å². The lowest BCUT2D eigenvalue weighted by Gasteiger charge is -2.14. The van der Waals surface area contributed by atoms with Gasteiger partial charge in [0.25, 0.3) is 11.8 Å². The minimum absolute atomic E-state index is 0.384. The summed E-state index contributed by atoms with van der Waals surface area (Å²) >= 11 is 0.555. The van der Waals surface area contributed by atoms with Crippen molar-refractivity contribution < 1.29 is 51.4 Å². The number of thiophene rings is 1. The highest BCUT2D eigenvalue weighted by Gasteiger charge is 2.29. The number of aliphatic hydroxyl groups is 1. The molecule has 0 saturated heterocycles. The number of methoxy groups -OCH3 is 1. The van der Waals surface area contributed by atoms with Crippen LogP contribution in [0, 0.1) is 23.3 Å². The molecule has 3 N–H and O–H groups in total. The monoisotopic (exact) mass is 491 g/mol. The van der Waals surface area contributed by atoms with E-state index in [2.05, 4.69) is 9.57 Å². The highest BCUT2D eigenvalue weighted by molar-refractivity contribution is 7.12. The van der Waals surface area contributed by atoms with Gasteiger partial charge in [0.1, 0.15) is 16.3 Å². The zero-order valence-corrected chi connectivity index (χ0v) is 16.8. The summed E-state index contributed by atoms with van der Waals surface area (Å²) < 4.78 is 114. The fourth-order valence-corrected chi connectivity index (χ4v) is 3.47. The number of hydroxylamine groups is 1. The minimum Gasteiger partial charge on any atom is -0.497 e. The average Bonchev–Trinajstić information content (AvgIpc) is 3.33. The number of nitrogens with one attached hydrogen (secondary N) is 2. The molecule has 2 amide bonds. The SMILES string of the molecule is [2H]C([2H])([2H])Oc1cccc(-c2c(F)c(F)c(NC(=O)c3ccsc3C(=O)NOC([2H])([2H])C([2H])([2H])O)c(F)c2F)c1. The molecule has 3 rings (SSSR count). The third kappa shape index (κ3) is 4.97. The first-order valence-corrected chi connectivity index (χ1v) is 9.47. The molecule has 0 spiro atoms. The number of ether oxygens (including phenoxy) is 1. The van der Waals surface area contributed by atoms with Crippen LogP contribution >= 0.6 is 11.3 Å². The van der Waals surface area contributed by atoms with Gasteiger partial charge in [-0.1, -0.05) is 12.1 Å². The van der Waals surface area contributed by atoms with E-state index in [4.69, 9.17) is 14.7 Å². The molecule has 0 atom stereocenters. The van der Waals surface area contributed by atoms with Gasteiger partial charge < -0.3 is 15.2 Å². The van der Waals surface area contributed by atoms with Crippen LogP contribution in [0.5, 0.6) is 5.75 Å². The molecule has 0 fully saturated rings. The van der Waals surface area contributed by atoms with E-state index in [-0.39, 0.29) is 5.75 Å². The maximum atomic E-state index is 14.9. The van der Waals surface area contributed by atoms with Crippen molar-refractivity contribution in [1.29, 1.82) is 0 Å². The Morgan fingerprint density at radius 3 is 2.52 bits per heavy atom. The van der Waals surface area contributed by atoms with Gasteiger partial charge in [0.15, 0.2) is 23.3 Å². The Balaban J connectivity index is 1.90. The number of hydrogen-bond donors (Lipinski definition) is 3. The van der Waals surface area contributed by atoms with Crippen molar-refractivity contribution in [1.82, 2.24) is 5.48 Å². The molecule has 1 aromatic heterocycles. The Hall–Kier alpha value is -3.48. The van der Waals surface area contributed by atoms with Crippen LogP contribution in [-0.4, -0.2) is 37.1 Å². The molecular weight excluding hydrogens is 468 g/mol. The second-order valence-electron chi connectivity index (χ2n) is 6.00. The Bertz CT molecular complexity index is 1440. The molecule has 0 radical (unpaired) electrons. The summed E-state index contributed by atoms with van der Waals surface area (Å²) in [7, 11) is -2.93. The van der Waals surface area contributed by atoms with Crippen LogP contribution in [0.4, 0.5) is 23.2 Å². The van der Waals surface area contributed by atoms with Crippen LogP contribution < -0.4 is 15.5 Å². The molecule has 174 valence electrons. The third-order valence-electron chi connectivity index (χ3n) is 4.10. The van der Waals surface area contributed by atoms with E-state index in [1.54, 1.807) is 5.32 Å². The number of hydrogen-bond acceptors (Lipinski definition) is 6. The Morgan fingerprint density at radius 1 is 1.12 bits per heavy atom. The Kier molecular flexibility index (Phi) is 5.11. The van der Waals surface area contributed by atoms with E-state index in [0.717, 1.165) is 35.7 Å². The average molecular weight is 491 g/mol. The first-order chi connectivity index (χ1) is 18.3. The summed E-state index contributed by atoms with van der Waals surface area (Å²) in [4.78, 5) is 28.7. The molecule has 1 heterocycles. The normalized spacial score (nSPS) is 15.1. The number of anilines is 1. The van der Waals surface area contributed by atoms with E-state index in [0.29, 0.717) is 11.3 Å². The Morgan fingerprint density at radius 2 is 1.85 bits per heavy atom. The van der Waals surface area contributed by atoms with Crippen LogP contribution in [-0.2, 0) is 4.84 Å². The summed E-state index contributed by atoms with van der Waals surface area (Å²) in [6, 6.07) is 5.07. The lowest BCUT2D eigenvalue weighted by molar-refractivity contribution is 0.0170. The molecule has 3 aromatic rings. The molecule has 0 unspecified atom stereocenters. The summed E-state index contributed by atoms with van der Waals surface area (Å²) in [5.41, 5.74) is -2.40. The van der Waals surface area contributed by atoms with Gasteiger partial charge in [-0.25, -0.2) is 23.0 Å². The van der Waals surface area contributed by atoms with Crippen molar-refractivity contribution in [2.45, 2.75) is 0 Å². The van der Waals surface area contributed by atoms with Gasteiger partial charge in [-0.05, 0) is 29.1 Å². The minimum atomic E-state index is -3.55. The van der Waals surface area contributed by atoms with Gasteiger partial charge in [-0.15, -0.1) is 11.3 Å². The third-order valence-corrected chi connectivity index (χ3v) is 5.01. The topological polar surface area (TPSA) is 96.9 Å². The summed E-state index contributed by atoms with van der Waals surface area (Å²) in [6.45, 7) is -6.97. The van der Waals surface area contributed by atoms with Crippen LogP contribution in [0.15, 0.2) is 35.7 Å². The number of amides is 2. The van der Waals surface area contributed by atoms with Gasteiger partial charge in [-0.2, -0.15) is 0 Å². The number of benzene rings is 2. The van der Waals surface area contributed by atoms with E-state index in [1.165, 1.54) is 5.48 Å². The van der Waals surface area contributed by atoms with Crippen molar-refractivity contribution in [3.05, 3.63) is 69.4 Å². The van der Waals surface area contributed by atoms with Crippen LogP contribution in [0.3, 0.4) is 0 Å². The summed E-state index contributed by atoms with van der Waals surface area (Å²) in [6.07, 6.45) is 0. The first kappa shape index (κ1) is 16.2. The van der Waals surface area contributed by atoms with E-state index >= 15 is 0 Å². The predicted octanol–water partition coefficient (Wildman–Crippen LogP) is 3.89. The molecule has 0 bridgehead atoms. The smallest absolute Gasteiger partial charge is 0.285 e. The van der Waals surface area contributed by atoms with Gasteiger partial charge in [-0.3, -0.25) is 14.4 Å². The van der Waals surface area contributed by atoms with E-state index < -0.39 is 82.5 Å². The van der Waals surface area contributed by atoms with Crippen molar-refractivity contribution in [3.63, 3.8) is 0 Å². The number of halogens is 4. The van der Waals surface area contributed by atoms with Gasteiger partial charge >= 0.3 is 0 Å². The quantitative estimate of drug-likeness (QED) is 0.253. The zero-order valence-electron chi connectivity index (χ0n) is 23.0. The maximum Gasteiger partial charge on any atom is 0.285 e. The highest BCUT2D eigenvalue weighted by atomic mass is 32.1. The number of rotatable bonds is 8. The number of carbonyl (C=O) groups is 2. The van der Waals surface area contributed by atoms with Gasteiger partial charge in [0.05, 0.1) is 40.9 Å². The fraction of sp³-hybridized carbons (Fsp3) is 0.143.